The number of sulfone groups is 1. The molecule has 1 N–H and O–H groups in total. The molecule has 2 aliphatic rings. The van der Waals surface area contributed by atoms with Gasteiger partial charge in [-0.2, -0.15) is 0 Å². The molecule has 2 aromatic rings. The number of anilines is 1. The summed E-state index contributed by atoms with van der Waals surface area (Å²) in [4.78, 5) is 41.8. The molecule has 1 heterocycles. The van der Waals surface area contributed by atoms with Crippen LogP contribution in [0.2, 0.25) is 0 Å². The minimum atomic E-state index is -3.63. The number of fused-ring (bicyclic) bond motifs is 1. The highest BCUT2D eigenvalue weighted by Crippen LogP contribution is 2.40. The van der Waals surface area contributed by atoms with Gasteiger partial charge in [0.2, 0.25) is 5.91 Å². The summed E-state index contributed by atoms with van der Waals surface area (Å²) in [6.07, 6.45) is 10.0. The van der Waals surface area contributed by atoms with E-state index < -0.39 is 33.4 Å². The van der Waals surface area contributed by atoms with Crippen molar-refractivity contribution in [3.05, 3.63) is 52.6 Å². The van der Waals surface area contributed by atoms with Crippen molar-refractivity contribution >= 4 is 33.2 Å². The molecule has 0 radical (unpaired) electrons. The van der Waals surface area contributed by atoms with Gasteiger partial charge < -0.3 is 14.8 Å². The summed E-state index contributed by atoms with van der Waals surface area (Å²) in [6, 6.07) is 7.30. The van der Waals surface area contributed by atoms with Crippen LogP contribution in [0.25, 0.3) is 0 Å². The molecule has 1 aliphatic carbocycles. The number of methoxy groups -OCH3 is 1. The van der Waals surface area contributed by atoms with Crippen LogP contribution in [0.15, 0.2) is 30.3 Å². The number of hydrogen-bond donors (Lipinski definition) is 1. The molecular formula is C32H42N2O7S. The SMILES string of the molecule is CCCCCCCCc1cc(NC(=O)C2CC2)c2c(c1)C(=O)N([C@H](CS(C)(=O)=O)c1ccc(OC)c(OCC)c1)C2=O. The van der Waals surface area contributed by atoms with E-state index in [1.165, 1.54) is 26.4 Å². The summed E-state index contributed by atoms with van der Waals surface area (Å²) in [7, 11) is -2.14. The van der Waals surface area contributed by atoms with E-state index in [0.717, 1.165) is 48.8 Å². The van der Waals surface area contributed by atoms with Crippen molar-refractivity contribution in [1.29, 1.82) is 0 Å². The van der Waals surface area contributed by atoms with Crippen molar-refractivity contribution in [2.24, 2.45) is 5.92 Å². The molecule has 0 saturated heterocycles. The first-order valence-corrected chi connectivity index (χ1v) is 17.0. The predicted molar refractivity (Wildman–Crippen MR) is 162 cm³/mol. The maximum absolute atomic E-state index is 14.0. The first-order valence-electron chi connectivity index (χ1n) is 14.9. The Labute approximate surface area is 248 Å². The molecule has 9 nitrogen and oxygen atoms in total. The Balaban J connectivity index is 1.71. The molecule has 1 aliphatic heterocycles. The van der Waals surface area contributed by atoms with E-state index in [4.69, 9.17) is 9.47 Å². The van der Waals surface area contributed by atoms with Crippen molar-refractivity contribution < 1.29 is 32.3 Å². The number of rotatable bonds is 16. The highest BCUT2D eigenvalue weighted by molar-refractivity contribution is 7.90. The molecule has 228 valence electrons. The number of carbonyl (C=O) groups excluding carboxylic acids is 3. The highest BCUT2D eigenvalue weighted by atomic mass is 32.2. The van der Waals surface area contributed by atoms with Crippen molar-refractivity contribution in [2.45, 2.75) is 77.7 Å². The quantitative estimate of drug-likeness (QED) is 0.194. The lowest BCUT2D eigenvalue weighted by Gasteiger charge is -2.27. The number of aryl methyl sites for hydroxylation is 1. The molecule has 1 saturated carbocycles. The van der Waals surface area contributed by atoms with Crippen LogP contribution in [-0.4, -0.2) is 56.8 Å². The first-order chi connectivity index (χ1) is 20.1. The van der Waals surface area contributed by atoms with Crippen LogP contribution in [0, 0.1) is 5.92 Å². The fourth-order valence-corrected chi connectivity index (χ4v) is 6.35. The zero-order chi connectivity index (χ0) is 30.4. The van der Waals surface area contributed by atoms with Gasteiger partial charge in [-0.25, -0.2) is 8.42 Å². The van der Waals surface area contributed by atoms with Gasteiger partial charge in [0.1, 0.15) is 9.84 Å². The summed E-state index contributed by atoms with van der Waals surface area (Å²) < 4.78 is 36.2. The van der Waals surface area contributed by atoms with Gasteiger partial charge >= 0.3 is 0 Å². The third-order valence-corrected chi connectivity index (χ3v) is 8.67. The van der Waals surface area contributed by atoms with Gasteiger partial charge in [0.05, 0.1) is 42.3 Å². The molecule has 42 heavy (non-hydrogen) atoms. The number of benzene rings is 2. The van der Waals surface area contributed by atoms with Crippen LogP contribution >= 0.6 is 0 Å². The van der Waals surface area contributed by atoms with Gasteiger partial charge in [0, 0.05) is 12.2 Å². The summed E-state index contributed by atoms with van der Waals surface area (Å²) in [5.41, 5.74) is 1.90. The summed E-state index contributed by atoms with van der Waals surface area (Å²) in [6.45, 7) is 4.33. The second-order valence-corrected chi connectivity index (χ2v) is 13.5. The van der Waals surface area contributed by atoms with Crippen molar-refractivity contribution in [1.82, 2.24) is 4.90 Å². The smallest absolute Gasteiger partial charge is 0.264 e. The van der Waals surface area contributed by atoms with Crippen LogP contribution < -0.4 is 14.8 Å². The average molecular weight is 599 g/mol. The lowest BCUT2D eigenvalue weighted by atomic mass is 9.98. The lowest BCUT2D eigenvalue weighted by molar-refractivity contribution is -0.117. The number of nitrogens with zero attached hydrogens (tertiary/aromatic N) is 1. The number of imide groups is 1. The summed E-state index contributed by atoms with van der Waals surface area (Å²) in [5.74, 6) is -1.11. The molecule has 10 heteroatoms. The number of amides is 3. The van der Waals surface area contributed by atoms with Gasteiger partial charge in [-0.15, -0.1) is 0 Å². The third-order valence-electron chi connectivity index (χ3n) is 7.75. The van der Waals surface area contributed by atoms with E-state index in [1.54, 1.807) is 30.3 Å². The molecule has 3 amide bonds. The molecule has 0 spiro atoms. The van der Waals surface area contributed by atoms with E-state index in [2.05, 4.69) is 12.2 Å². The Morgan fingerprint density at radius 2 is 1.71 bits per heavy atom. The highest BCUT2D eigenvalue weighted by Gasteiger charge is 2.44. The molecule has 2 aromatic carbocycles. The Morgan fingerprint density at radius 3 is 2.36 bits per heavy atom. The zero-order valence-corrected chi connectivity index (χ0v) is 25.8. The van der Waals surface area contributed by atoms with Crippen LogP contribution in [0.3, 0.4) is 0 Å². The maximum atomic E-state index is 14.0. The van der Waals surface area contributed by atoms with Crippen LogP contribution in [0.1, 0.15) is 103 Å². The van der Waals surface area contributed by atoms with E-state index in [0.29, 0.717) is 35.8 Å². The fraction of sp³-hybridized carbons (Fsp3) is 0.531. The number of ether oxygens (including phenoxy) is 2. The Morgan fingerprint density at radius 1 is 1.00 bits per heavy atom. The third kappa shape index (κ3) is 7.51. The minimum absolute atomic E-state index is 0.0968. The van der Waals surface area contributed by atoms with Crippen LogP contribution in [-0.2, 0) is 21.1 Å². The van der Waals surface area contributed by atoms with Crippen molar-refractivity contribution in [2.75, 3.05) is 31.0 Å². The Hall–Kier alpha value is -3.40. The molecule has 4 rings (SSSR count). The lowest BCUT2D eigenvalue weighted by Crippen LogP contribution is -2.37. The summed E-state index contributed by atoms with van der Waals surface area (Å²) >= 11 is 0. The molecular weight excluding hydrogens is 556 g/mol. The van der Waals surface area contributed by atoms with Gasteiger partial charge in [-0.1, -0.05) is 45.1 Å². The zero-order valence-electron chi connectivity index (χ0n) is 25.0. The molecule has 0 unspecified atom stereocenters. The van der Waals surface area contributed by atoms with E-state index in [9.17, 15) is 22.8 Å². The Bertz CT molecular complexity index is 1430. The molecule has 1 fully saturated rings. The largest absolute Gasteiger partial charge is 0.493 e. The second-order valence-electron chi connectivity index (χ2n) is 11.3. The first kappa shape index (κ1) is 31.5. The number of nitrogens with one attached hydrogen (secondary N) is 1. The number of carbonyl (C=O) groups is 3. The fourth-order valence-electron chi connectivity index (χ4n) is 5.43. The molecule has 0 bridgehead atoms. The maximum Gasteiger partial charge on any atom is 0.264 e. The van der Waals surface area contributed by atoms with E-state index in [1.807, 2.05) is 6.92 Å². The van der Waals surface area contributed by atoms with E-state index >= 15 is 0 Å². The monoisotopic (exact) mass is 598 g/mol. The second kappa shape index (κ2) is 13.7. The topological polar surface area (TPSA) is 119 Å². The van der Waals surface area contributed by atoms with E-state index in [-0.39, 0.29) is 23.0 Å². The van der Waals surface area contributed by atoms with Crippen molar-refractivity contribution in [3.8, 4) is 11.5 Å². The Kier molecular flexibility index (Phi) is 10.3. The predicted octanol–water partition coefficient (Wildman–Crippen LogP) is 5.73. The summed E-state index contributed by atoms with van der Waals surface area (Å²) in [5, 5.41) is 2.91. The van der Waals surface area contributed by atoms with Crippen LogP contribution in [0.5, 0.6) is 11.5 Å². The van der Waals surface area contributed by atoms with Gasteiger partial charge in [0.25, 0.3) is 11.8 Å². The van der Waals surface area contributed by atoms with Crippen LogP contribution in [0.4, 0.5) is 5.69 Å². The number of hydrogen-bond acceptors (Lipinski definition) is 7. The minimum Gasteiger partial charge on any atom is -0.493 e. The normalized spacial score (nSPS) is 15.5. The molecule has 1 atom stereocenters. The number of unbranched alkanes of at least 4 members (excludes halogenated alkanes) is 5. The molecule has 0 aromatic heterocycles. The average Bonchev–Trinajstić information content (AvgIpc) is 3.76. The van der Waals surface area contributed by atoms with Crippen molar-refractivity contribution in [3.63, 3.8) is 0 Å². The van der Waals surface area contributed by atoms with Gasteiger partial charge in [0.15, 0.2) is 11.5 Å². The van der Waals surface area contributed by atoms with Gasteiger partial charge in [-0.05, 0) is 68.0 Å². The standard InChI is InChI=1S/C32H42N2O7S/c1-5-7-8-9-10-11-12-21-17-24-29(25(18-21)33-30(35)22-13-14-22)32(37)34(31(24)36)26(20-42(4,38)39)23-15-16-27(40-3)28(19-23)41-6-2/h15-19,22,26H,5-14,20H2,1-4H3,(H,33,35)/t26-/m1/s1. The van der Waals surface area contributed by atoms with Gasteiger partial charge in [-0.3, -0.25) is 19.3 Å².